The predicted octanol–water partition coefficient (Wildman–Crippen LogP) is -0.545. The van der Waals surface area contributed by atoms with Crippen LogP contribution in [0.4, 0.5) is 0 Å². The minimum atomic E-state index is 0.509. The van der Waals surface area contributed by atoms with Crippen molar-refractivity contribution in [3.05, 3.63) is 24.0 Å². The first kappa shape index (κ1) is 6.12. The predicted molar refractivity (Wildman–Crippen MR) is 32.1 cm³/mol. The second-order valence-corrected chi connectivity index (χ2v) is 1.59. The Kier molecular flexibility index (Phi) is 2.12. The van der Waals surface area contributed by atoms with Crippen LogP contribution in [0, 0.1) is 0 Å². The van der Waals surface area contributed by atoms with E-state index in [-0.39, 0.29) is 0 Å². The summed E-state index contributed by atoms with van der Waals surface area (Å²) in [7, 11) is 0. The molecule has 1 aromatic heterocycles. The molecule has 1 aromatic rings. The quantitative estimate of drug-likeness (QED) is 0.424. The minimum absolute atomic E-state index is 0.509. The van der Waals surface area contributed by atoms with Gasteiger partial charge in [-0.3, -0.25) is 5.84 Å². The molecule has 0 aliphatic heterocycles. The van der Waals surface area contributed by atoms with Crippen LogP contribution >= 0.6 is 0 Å². The zero-order valence-corrected chi connectivity index (χ0v) is 4.86. The first-order valence-electron chi connectivity index (χ1n) is 2.56. The maximum atomic E-state index is 4.94. The Morgan fingerprint density at radius 3 is 3.00 bits per heavy atom. The number of nitrogens with zero attached hydrogens (tertiary/aromatic N) is 3. The summed E-state index contributed by atoms with van der Waals surface area (Å²) in [5, 5.41) is 7.23. The summed E-state index contributed by atoms with van der Waals surface area (Å²) >= 11 is 0. The molecule has 47 valence electrons. The van der Waals surface area contributed by atoms with Gasteiger partial charge < -0.3 is 0 Å². The highest BCUT2D eigenvalue weighted by Gasteiger charge is 1.87. The molecule has 1 heterocycles. The van der Waals surface area contributed by atoms with Gasteiger partial charge in [-0.15, -0.1) is 0 Å². The van der Waals surface area contributed by atoms with E-state index in [1.165, 1.54) is 0 Å². The maximum Gasteiger partial charge on any atom is 0.0568 e. The molecule has 4 heteroatoms. The Hall–Kier alpha value is -1.00. The summed E-state index contributed by atoms with van der Waals surface area (Å²) < 4.78 is 0. The van der Waals surface area contributed by atoms with E-state index in [1.807, 2.05) is 6.07 Å². The molecule has 9 heavy (non-hydrogen) atoms. The van der Waals surface area contributed by atoms with Crippen molar-refractivity contribution in [1.29, 1.82) is 0 Å². The molecule has 0 fully saturated rings. The lowest BCUT2D eigenvalue weighted by molar-refractivity contribution is 0.717. The van der Waals surface area contributed by atoms with Crippen molar-refractivity contribution in [1.82, 2.24) is 15.6 Å². The Balaban J connectivity index is 2.61. The van der Waals surface area contributed by atoms with Gasteiger partial charge in [-0.05, 0) is 11.6 Å². The van der Waals surface area contributed by atoms with Crippen LogP contribution in [0.15, 0.2) is 18.5 Å². The second kappa shape index (κ2) is 3.11. The van der Waals surface area contributed by atoms with Crippen molar-refractivity contribution >= 4 is 0 Å². The summed E-state index contributed by atoms with van der Waals surface area (Å²) in [6.45, 7) is 0.509. The Morgan fingerprint density at radius 2 is 2.44 bits per heavy atom. The molecule has 0 atom stereocenters. The average molecular weight is 123 g/mol. The van der Waals surface area contributed by atoms with Gasteiger partial charge in [0.25, 0.3) is 0 Å². The van der Waals surface area contributed by atoms with E-state index in [9.17, 15) is 0 Å². The van der Waals surface area contributed by atoms with Gasteiger partial charge in [-0.2, -0.15) is 15.6 Å². The molecule has 0 saturated carbocycles. The number of hydrogen-bond donors (Lipinski definition) is 1. The third kappa shape index (κ3) is 1.75. The highest BCUT2D eigenvalue weighted by molar-refractivity contribution is 5.03. The summed E-state index contributed by atoms with van der Waals surface area (Å²) in [5.41, 5.74) is 4.42. The van der Waals surface area contributed by atoms with Crippen molar-refractivity contribution in [2.75, 3.05) is 0 Å². The molecular formula is C5H7N4. The van der Waals surface area contributed by atoms with Gasteiger partial charge in [0.05, 0.1) is 12.7 Å². The fourth-order valence-electron chi connectivity index (χ4n) is 0.517. The van der Waals surface area contributed by atoms with Gasteiger partial charge in [0.15, 0.2) is 0 Å². The van der Waals surface area contributed by atoms with Gasteiger partial charge >= 0.3 is 0 Å². The molecule has 0 aliphatic rings. The first-order valence-corrected chi connectivity index (χ1v) is 2.56. The van der Waals surface area contributed by atoms with E-state index in [0.29, 0.717) is 6.54 Å². The van der Waals surface area contributed by atoms with Crippen LogP contribution in [-0.2, 0) is 6.54 Å². The van der Waals surface area contributed by atoms with E-state index in [4.69, 9.17) is 5.84 Å². The summed E-state index contributed by atoms with van der Waals surface area (Å²) in [5.74, 6) is 4.94. The van der Waals surface area contributed by atoms with E-state index in [1.54, 1.807) is 12.4 Å². The Morgan fingerprint density at radius 1 is 1.56 bits per heavy atom. The molecule has 0 spiro atoms. The van der Waals surface area contributed by atoms with Crippen LogP contribution in [0.25, 0.3) is 0 Å². The molecular weight excluding hydrogens is 116 g/mol. The van der Waals surface area contributed by atoms with Crippen molar-refractivity contribution in [2.24, 2.45) is 5.84 Å². The smallest absolute Gasteiger partial charge is 0.0568 e. The summed E-state index contributed by atoms with van der Waals surface area (Å²) in [6, 6.07) is 1.82. The monoisotopic (exact) mass is 123 g/mol. The van der Waals surface area contributed by atoms with Crippen molar-refractivity contribution in [2.45, 2.75) is 6.54 Å². The third-order valence-electron chi connectivity index (χ3n) is 0.919. The van der Waals surface area contributed by atoms with Crippen LogP contribution < -0.4 is 11.3 Å². The number of nitrogens with two attached hydrogens (primary N) is 1. The van der Waals surface area contributed by atoms with E-state index < -0.39 is 0 Å². The molecule has 4 nitrogen and oxygen atoms in total. The molecule has 0 aliphatic carbocycles. The minimum Gasteiger partial charge on any atom is -0.253 e. The van der Waals surface area contributed by atoms with Crippen LogP contribution in [0.1, 0.15) is 5.56 Å². The molecule has 0 saturated heterocycles. The van der Waals surface area contributed by atoms with Gasteiger partial charge in [-0.1, -0.05) is 0 Å². The van der Waals surface area contributed by atoms with Crippen molar-refractivity contribution in [3.8, 4) is 0 Å². The number of rotatable bonds is 2. The molecule has 0 amide bonds. The Labute approximate surface area is 53.1 Å². The first-order chi connectivity index (χ1) is 4.43. The third-order valence-corrected chi connectivity index (χ3v) is 0.919. The van der Waals surface area contributed by atoms with Gasteiger partial charge in [0.1, 0.15) is 0 Å². The lowest BCUT2D eigenvalue weighted by atomic mass is 10.3. The topological polar surface area (TPSA) is 65.9 Å². The van der Waals surface area contributed by atoms with Gasteiger partial charge in [0, 0.05) is 6.20 Å². The second-order valence-electron chi connectivity index (χ2n) is 1.59. The largest absolute Gasteiger partial charge is 0.253 e. The zero-order chi connectivity index (χ0) is 6.53. The maximum absolute atomic E-state index is 4.94. The highest BCUT2D eigenvalue weighted by Crippen LogP contribution is 1.90. The van der Waals surface area contributed by atoms with E-state index >= 15 is 0 Å². The lowest BCUT2D eigenvalue weighted by Crippen LogP contribution is -2.11. The van der Waals surface area contributed by atoms with Crippen LogP contribution in [0.5, 0.6) is 0 Å². The number of hydrogen-bond acceptors (Lipinski definition) is 3. The molecule has 1 radical (unpaired) electrons. The summed E-state index contributed by atoms with van der Waals surface area (Å²) in [6.07, 6.45) is 3.25. The fourth-order valence-corrected chi connectivity index (χ4v) is 0.517. The fraction of sp³-hybridized carbons (Fsp3) is 0.200. The molecule has 0 unspecified atom stereocenters. The van der Waals surface area contributed by atoms with Crippen molar-refractivity contribution < 1.29 is 0 Å². The van der Waals surface area contributed by atoms with Gasteiger partial charge in [0.2, 0.25) is 0 Å². The molecule has 2 N–H and O–H groups in total. The van der Waals surface area contributed by atoms with Crippen molar-refractivity contribution in [3.63, 3.8) is 0 Å². The van der Waals surface area contributed by atoms with Crippen LogP contribution in [0.3, 0.4) is 0 Å². The normalized spacial score (nSPS) is 9.44. The number of aromatic nitrogens is 2. The Bertz CT molecular complexity index is 162. The van der Waals surface area contributed by atoms with Gasteiger partial charge in [-0.25, -0.2) is 0 Å². The molecule has 0 bridgehead atoms. The van der Waals surface area contributed by atoms with E-state index in [2.05, 4.69) is 15.6 Å². The standard InChI is InChI=1S/C5H7N4/c6-7-3-5-1-2-8-9-4-5/h1-2,4H,3,6H2. The SMILES string of the molecule is N[N]Cc1ccnnc1. The van der Waals surface area contributed by atoms with Crippen LogP contribution in [0.2, 0.25) is 0 Å². The highest BCUT2D eigenvalue weighted by atomic mass is 15.2. The summed E-state index contributed by atoms with van der Waals surface area (Å²) in [4.78, 5) is 0. The lowest BCUT2D eigenvalue weighted by Gasteiger charge is -1.92. The molecule has 1 rings (SSSR count). The molecule has 0 aromatic carbocycles. The average Bonchev–Trinajstić information content (AvgIpc) is 1.91. The zero-order valence-electron chi connectivity index (χ0n) is 4.86. The van der Waals surface area contributed by atoms with E-state index in [0.717, 1.165) is 5.56 Å². The van der Waals surface area contributed by atoms with Crippen LogP contribution in [-0.4, -0.2) is 10.2 Å².